The minimum absolute atomic E-state index is 0.803. The highest BCUT2D eigenvalue weighted by atomic mass is 32.1. The summed E-state index contributed by atoms with van der Waals surface area (Å²) >= 11 is 1.81. The molecule has 78 valence electrons. The third-order valence-electron chi connectivity index (χ3n) is 1.38. The zero-order valence-electron chi connectivity index (χ0n) is 7.98. The molecule has 3 N–H and O–H groups in total. The van der Waals surface area contributed by atoms with E-state index in [2.05, 4.69) is 24.1 Å². The molecule has 0 amide bonds. The van der Waals surface area contributed by atoms with Gasteiger partial charge in [-0.15, -0.1) is 11.3 Å². The molecule has 1 aromatic rings. The van der Waals surface area contributed by atoms with Crippen LogP contribution in [0.15, 0.2) is 30.2 Å². The van der Waals surface area contributed by atoms with Gasteiger partial charge in [-0.1, -0.05) is 12.6 Å². The van der Waals surface area contributed by atoms with E-state index >= 15 is 0 Å². The topological polar surface area (TPSA) is 63.3 Å². The van der Waals surface area contributed by atoms with Gasteiger partial charge in [0.15, 0.2) is 0 Å². The Bertz CT molecular complexity index is 257. The molecule has 0 saturated carbocycles. The Labute approximate surface area is 87.9 Å². The van der Waals surface area contributed by atoms with E-state index in [9.17, 15) is 4.79 Å². The molecule has 0 aliphatic carbocycles. The van der Waals surface area contributed by atoms with Gasteiger partial charge in [-0.2, -0.15) is 0 Å². The Hall–Kier alpha value is -1.13. The summed E-state index contributed by atoms with van der Waals surface area (Å²) in [5.41, 5.74) is 5.35. The van der Waals surface area contributed by atoms with E-state index in [0.29, 0.717) is 0 Å². The normalized spacial score (nSPS) is 8.64. The van der Waals surface area contributed by atoms with Crippen LogP contribution < -0.4 is 5.73 Å². The van der Waals surface area contributed by atoms with Crippen molar-refractivity contribution in [3.05, 3.63) is 35.0 Å². The molecule has 1 rings (SSSR count). The molecule has 0 bridgehead atoms. The number of carbonyl (C=O) groups is 1. The Kier molecular flexibility index (Phi) is 7.78. The van der Waals surface area contributed by atoms with Crippen molar-refractivity contribution in [3.8, 4) is 0 Å². The predicted molar refractivity (Wildman–Crippen MR) is 59.5 cm³/mol. The number of nitrogens with two attached hydrogens (primary N) is 1. The van der Waals surface area contributed by atoms with Gasteiger partial charge in [-0.3, -0.25) is 0 Å². The first-order valence-corrected chi connectivity index (χ1v) is 5.16. The summed E-state index contributed by atoms with van der Waals surface area (Å²) in [6.45, 7) is 3.76. The highest BCUT2D eigenvalue weighted by Crippen LogP contribution is 2.09. The lowest BCUT2D eigenvalue weighted by Crippen LogP contribution is -1.98. The van der Waals surface area contributed by atoms with E-state index in [1.165, 1.54) is 4.88 Å². The van der Waals surface area contributed by atoms with Crippen molar-refractivity contribution in [2.24, 2.45) is 5.73 Å². The molecule has 0 radical (unpaired) electrons. The number of carboxylic acid groups (broad SMARTS) is 1. The second-order valence-corrected chi connectivity index (χ2v) is 3.55. The zero-order valence-corrected chi connectivity index (χ0v) is 8.80. The second kappa shape index (κ2) is 8.47. The van der Waals surface area contributed by atoms with E-state index in [0.717, 1.165) is 25.5 Å². The van der Waals surface area contributed by atoms with E-state index < -0.39 is 5.97 Å². The largest absolute Gasteiger partial charge is 0.478 e. The van der Waals surface area contributed by atoms with Crippen LogP contribution in [0, 0.1) is 0 Å². The first-order valence-electron chi connectivity index (χ1n) is 4.28. The van der Waals surface area contributed by atoms with E-state index in [4.69, 9.17) is 10.8 Å². The van der Waals surface area contributed by atoms with E-state index in [1.54, 1.807) is 0 Å². The van der Waals surface area contributed by atoms with Crippen LogP contribution in [0.1, 0.15) is 11.3 Å². The third kappa shape index (κ3) is 7.52. The van der Waals surface area contributed by atoms with Gasteiger partial charge in [0.1, 0.15) is 0 Å². The van der Waals surface area contributed by atoms with Crippen molar-refractivity contribution in [2.45, 2.75) is 12.8 Å². The van der Waals surface area contributed by atoms with Crippen molar-refractivity contribution in [3.63, 3.8) is 0 Å². The Morgan fingerprint density at radius 1 is 1.71 bits per heavy atom. The zero-order chi connectivity index (χ0) is 10.8. The van der Waals surface area contributed by atoms with Crippen molar-refractivity contribution in [1.82, 2.24) is 0 Å². The maximum atomic E-state index is 9.25. The van der Waals surface area contributed by atoms with Crippen molar-refractivity contribution in [1.29, 1.82) is 0 Å². The number of thiophene rings is 1. The van der Waals surface area contributed by atoms with Crippen LogP contribution in [0.4, 0.5) is 0 Å². The number of carboxylic acids is 1. The van der Waals surface area contributed by atoms with E-state index in [1.807, 2.05) is 11.3 Å². The molecule has 3 nitrogen and oxygen atoms in total. The lowest BCUT2D eigenvalue weighted by Gasteiger charge is -1.90. The van der Waals surface area contributed by atoms with Gasteiger partial charge in [0.25, 0.3) is 0 Å². The number of rotatable bonds is 4. The fraction of sp³-hybridized carbons (Fsp3) is 0.300. The Balaban J connectivity index is 0.000000292. The molecule has 0 fully saturated rings. The third-order valence-corrected chi connectivity index (χ3v) is 2.32. The Morgan fingerprint density at radius 2 is 2.36 bits per heavy atom. The second-order valence-electron chi connectivity index (χ2n) is 2.51. The monoisotopic (exact) mass is 213 g/mol. The molecule has 14 heavy (non-hydrogen) atoms. The molecule has 0 unspecified atom stereocenters. The first-order chi connectivity index (χ1) is 6.70. The number of aryl methyl sites for hydroxylation is 1. The fourth-order valence-corrected chi connectivity index (χ4v) is 1.48. The lowest BCUT2D eigenvalue weighted by molar-refractivity contribution is -0.131. The molecule has 0 saturated heterocycles. The van der Waals surface area contributed by atoms with Gasteiger partial charge in [-0.25, -0.2) is 4.79 Å². The summed E-state index contributed by atoms with van der Waals surface area (Å²) in [5.74, 6) is -0.981. The molecule has 1 heterocycles. The van der Waals surface area contributed by atoms with Crippen LogP contribution in [0.25, 0.3) is 0 Å². The van der Waals surface area contributed by atoms with Crippen molar-refractivity contribution in [2.75, 3.05) is 6.54 Å². The van der Waals surface area contributed by atoms with Crippen molar-refractivity contribution < 1.29 is 9.90 Å². The summed E-state index contributed by atoms with van der Waals surface area (Å²) in [4.78, 5) is 10.7. The molecule has 0 aromatic carbocycles. The molecular formula is C10H15NO2S. The average Bonchev–Trinajstić information content (AvgIpc) is 2.68. The molecule has 4 heteroatoms. The highest BCUT2D eigenvalue weighted by molar-refractivity contribution is 7.09. The standard InChI is InChI=1S/C7H11NS.C3H4O2/c8-5-1-3-7-4-2-6-9-7;1-2-3(4)5/h2,4,6H,1,3,5,8H2;2H,1H2,(H,4,5). The van der Waals surface area contributed by atoms with E-state index in [-0.39, 0.29) is 0 Å². The van der Waals surface area contributed by atoms with Crippen LogP contribution in [0.3, 0.4) is 0 Å². The van der Waals surface area contributed by atoms with Crippen LogP contribution in [0.2, 0.25) is 0 Å². The van der Waals surface area contributed by atoms with Crippen LogP contribution in [0.5, 0.6) is 0 Å². The minimum Gasteiger partial charge on any atom is -0.478 e. The maximum absolute atomic E-state index is 9.25. The SMILES string of the molecule is C=CC(=O)O.NCCCc1cccs1. The predicted octanol–water partition coefficient (Wildman–Crippen LogP) is 1.90. The summed E-state index contributed by atoms with van der Waals surface area (Å²) in [6, 6.07) is 4.23. The number of hydrogen-bond donors (Lipinski definition) is 2. The summed E-state index contributed by atoms with van der Waals surface area (Å²) in [7, 11) is 0. The summed E-state index contributed by atoms with van der Waals surface area (Å²) < 4.78 is 0. The molecule has 0 atom stereocenters. The average molecular weight is 213 g/mol. The maximum Gasteiger partial charge on any atom is 0.327 e. The number of hydrogen-bond acceptors (Lipinski definition) is 3. The first kappa shape index (κ1) is 12.9. The molecule has 1 aromatic heterocycles. The van der Waals surface area contributed by atoms with Crippen LogP contribution in [-0.4, -0.2) is 17.6 Å². The lowest BCUT2D eigenvalue weighted by atomic mass is 10.3. The fourth-order valence-electron chi connectivity index (χ4n) is 0.731. The van der Waals surface area contributed by atoms with Crippen LogP contribution >= 0.6 is 11.3 Å². The van der Waals surface area contributed by atoms with Gasteiger partial charge >= 0.3 is 5.97 Å². The van der Waals surface area contributed by atoms with Gasteiger partial charge < -0.3 is 10.8 Å². The van der Waals surface area contributed by atoms with Crippen molar-refractivity contribution >= 4 is 17.3 Å². The number of aliphatic carboxylic acids is 1. The van der Waals surface area contributed by atoms with Crippen LogP contribution in [-0.2, 0) is 11.2 Å². The molecule has 0 aliphatic rings. The van der Waals surface area contributed by atoms with Gasteiger partial charge in [0.05, 0.1) is 0 Å². The quantitative estimate of drug-likeness (QED) is 0.751. The molecular weight excluding hydrogens is 198 g/mol. The van der Waals surface area contributed by atoms with Gasteiger partial charge in [-0.05, 0) is 30.8 Å². The summed E-state index contributed by atoms with van der Waals surface area (Å²) in [6.07, 6.45) is 3.09. The minimum atomic E-state index is -0.981. The summed E-state index contributed by atoms with van der Waals surface area (Å²) in [5, 5.41) is 9.71. The molecule has 0 aliphatic heterocycles. The smallest absolute Gasteiger partial charge is 0.327 e. The van der Waals surface area contributed by atoms with Gasteiger partial charge in [0.2, 0.25) is 0 Å². The highest BCUT2D eigenvalue weighted by Gasteiger charge is 1.89. The Morgan fingerprint density at radius 3 is 2.71 bits per heavy atom. The molecule has 0 spiro atoms. The van der Waals surface area contributed by atoms with Gasteiger partial charge in [0, 0.05) is 11.0 Å².